The number of ether oxygens (including phenoxy) is 1. The Kier molecular flexibility index (Phi) is 6.38. The fourth-order valence-electron chi connectivity index (χ4n) is 3.50. The van der Waals surface area contributed by atoms with E-state index in [2.05, 4.69) is 25.2 Å². The van der Waals surface area contributed by atoms with Gasteiger partial charge in [-0.1, -0.05) is 31.9 Å². The SMILES string of the molecule is CCCNC(Cc1cc(Cl)ccc1OC)C1CCC(C)C1. The van der Waals surface area contributed by atoms with Crippen LogP contribution in [0, 0.1) is 11.8 Å². The fraction of sp³-hybridized carbons (Fsp3) is 0.667. The molecule has 1 aromatic carbocycles. The average molecular weight is 310 g/mol. The summed E-state index contributed by atoms with van der Waals surface area (Å²) in [7, 11) is 1.73. The second kappa shape index (κ2) is 8.05. The van der Waals surface area contributed by atoms with E-state index < -0.39 is 0 Å². The number of hydrogen-bond donors (Lipinski definition) is 1. The van der Waals surface area contributed by atoms with E-state index in [1.807, 2.05) is 12.1 Å². The van der Waals surface area contributed by atoms with Crippen molar-refractivity contribution in [2.45, 2.75) is 52.0 Å². The summed E-state index contributed by atoms with van der Waals surface area (Å²) in [4.78, 5) is 0. The molecule has 3 atom stereocenters. The van der Waals surface area contributed by atoms with Crippen molar-refractivity contribution >= 4 is 11.6 Å². The lowest BCUT2D eigenvalue weighted by atomic mass is 9.91. The zero-order valence-corrected chi connectivity index (χ0v) is 14.2. The van der Waals surface area contributed by atoms with Gasteiger partial charge >= 0.3 is 0 Å². The van der Waals surface area contributed by atoms with Crippen molar-refractivity contribution in [2.24, 2.45) is 11.8 Å². The molecule has 0 bridgehead atoms. The molecule has 0 heterocycles. The third-order valence-corrected chi connectivity index (χ3v) is 4.88. The van der Waals surface area contributed by atoms with Gasteiger partial charge in [0.15, 0.2) is 0 Å². The first-order chi connectivity index (χ1) is 10.1. The normalized spacial score (nSPS) is 23.2. The molecule has 1 fully saturated rings. The predicted octanol–water partition coefficient (Wildman–Crippen LogP) is 4.70. The highest BCUT2D eigenvalue weighted by atomic mass is 35.5. The molecular weight excluding hydrogens is 282 g/mol. The van der Waals surface area contributed by atoms with Crippen LogP contribution in [0.5, 0.6) is 5.75 Å². The molecule has 1 aromatic rings. The largest absolute Gasteiger partial charge is 0.496 e. The van der Waals surface area contributed by atoms with Crippen LogP contribution in [-0.2, 0) is 6.42 Å². The van der Waals surface area contributed by atoms with Crippen LogP contribution in [-0.4, -0.2) is 19.7 Å². The van der Waals surface area contributed by atoms with Gasteiger partial charge in [-0.15, -0.1) is 0 Å². The highest BCUT2D eigenvalue weighted by Gasteiger charge is 2.29. The summed E-state index contributed by atoms with van der Waals surface area (Å²) >= 11 is 6.17. The Morgan fingerprint density at radius 3 is 2.81 bits per heavy atom. The van der Waals surface area contributed by atoms with E-state index in [-0.39, 0.29) is 0 Å². The van der Waals surface area contributed by atoms with E-state index in [1.54, 1.807) is 7.11 Å². The Labute approximate surface area is 134 Å². The van der Waals surface area contributed by atoms with E-state index in [0.717, 1.165) is 35.6 Å². The maximum atomic E-state index is 6.17. The van der Waals surface area contributed by atoms with Crippen molar-refractivity contribution in [3.05, 3.63) is 28.8 Å². The van der Waals surface area contributed by atoms with Crippen LogP contribution in [0.15, 0.2) is 18.2 Å². The molecule has 0 amide bonds. The van der Waals surface area contributed by atoms with E-state index in [4.69, 9.17) is 16.3 Å². The lowest BCUT2D eigenvalue weighted by Gasteiger charge is -2.26. The van der Waals surface area contributed by atoms with Gasteiger partial charge in [0.1, 0.15) is 5.75 Å². The van der Waals surface area contributed by atoms with Gasteiger partial charge in [-0.2, -0.15) is 0 Å². The van der Waals surface area contributed by atoms with Crippen molar-refractivity contribution in [3.63, 3.8) is 0 Å². The van der Waals surface area contributed by atoms with E-state index >= 15 is 0 Å². The van der Waals surface area contributed by atoms with Crippen LogP contribution < -0.4 is 10.1 Å². The fourth-order valence-corrected chi connectivity index (χ4v) is 3.69. The highest BCUT2D eigenvalue weighted by molar-refractivity contribution is 6.30. The second-order valence-electron chi connectivity index (χ2n) is 6.40. The third kappa shape index (κ3) is 4.62. The van der Waals surface area contributed by atoms with Crippen LogP contribution in [0.3, 0.4) is 0 Å². The molecule has 1 N–H and O–H groups in total. The lowest BCUT2D eigenvalue weighted by molar-refractivity contribution is 0.342. The zero-order valence-electron chi connectivity index (χ0n) is 13.5. The number of hydrogen-bond acceptors (Lipinski definition) is 2. The van der Waals surface area contributed by atoms with E-state index in [1.165, 1.54) is 31.2 Å². The highest BCUT2D eigenvalue weighted by Crippen LogP contribution is 2.35. The molecule has 0 radical (unpaired) electrons. The Morgan fingerprint density at radius 2 is 2.19 bits per heavy atom. The van der Waals surface area contributed by atoms with Gasteiger partial charge in [-0.05, 0) is 67.8 Å². The van der Waals surface area contributed by atoms with Gasteiger partial charge in [0.25, 0.3) is 0 Å². The Morgan fingerprint density at radius 1 is 1.38 bits per heavy atom. The molecule has 118 valence electrons. The third-order valence-electron chi connectivity index (χ3n) is 4.64. The predicted molar refractivity (Wildman–Crippen MR) is 90.3 cm³/mol. The molecule has 3 unspecified atom stereocenters. The lowest BCUT2D eigenvalue weighted by Crippen LogP contribution is -2.37. The van der Waals surface area contributed by atoms with E-state index in [0.29, 0.717) is 6.04 Å². The molecule has 21 heavy (non-hydrogen) atoms. The van der Waals surface area contributed by atoms with Gasteiger partial charge < -0.3 is 10.1 Å². The maximum Gasteiger partial charge on any atom is 0.122 e. The minimum atomic E-state index is 0.530. The number of benzene rings is 1. The zero-order chi connectivity index (χ0) is 15.2. The van der Waals surface area contributed by atoms with Crippen LogP contribution in [0.1, 0.15) is 45.1 Å². The molecule has 0 aliphatic heterocycles. The van der Waals surface area contributed by atoms with Gasteiger partial charge in [-0.25, -0.2) is 0 Å². The number of methoxy groups -OCH3 is 1. The van der Waals surface area contributed by atoms with Crippen LogP contribution in [0.25, 0.3) is 0 Å². The first-order valence-electron chi connectivity index (χ1n) is 8.19. The Balaban J connectivity index is 2.12. The van der Waals surface area contributed by atoms with Crippen LogP contribution in [0.2, 0.25) is 5.02 Å². The summed E-state index contributed by atoms with van der Waals surface area (Å²) in [6.45, 7) is 5.68. The summed E-state index contributed by atoms with van der Waals surface area (Å²) in [6, 6.07) is 6.46. The van der Waals surface area contributed by atoms with Crippen molar-refractivity contribution < 1.29 is 4.74 Å². The minimum Gasteiger partial charge on any atom is -0.496 e. The maximum absolute atomic E-state index is 6.17. The smallest absolute Gasteiger partial charge is 0.122 e. The molecule has 1 aliphatic rings. The van der Waals surface area contributed by atoms with Gasteiger partial charge in [0, 0.05) is 11.1 Å². The number of nitrogens with one attached hydrogen (secondary N) is 1. The summed E-state index contributed by atoms with van der Waals surface area (Å²) in [6.07, 6.45) is 6.21. The first-order valence-corrected chi connectivity index (χ1v) is 8.57. The second-order valence-corrected chi connectivity index (χ2v) is 6.84. The summed E-state index contributed by atoms with van der Waals surface area (Å²) < 4.78 is 5.50. The first kappa shape index (κ1) is 16.6. The quantitative estimate of drug-likeness (QED) is 0.788. The number of halogens is 1. The molecule has 0 saturated heterocycles. The Hall–Kier alpha value is -0.730. The van der Waals surface area contributed by atoms with Gasteiger partial charge in [-0.3, -0.25) is 0 Å². The topological polar surface area (TPSA) is 21.3 Å². The summed E-state index contributed by atoms with van der Waals surface area (Å²) in [5.74, 6) is 2.59. The molecule has 2 nitrogen and oxygen atoms in total. The van der Waals surface area contributed by atoms with Gasteiger partial charge in [0.2, 0.25) is 0 Å². The van der Waals surface area contributed by atoms with Crippen molar-refractivity contribution in [3.8, 4) is 5.75 Å². The van der Waals surface area contributed by atoms with Crippen molar-refractivity contribution in [2.75, 3.05) is 13.7 Å². The van der Waals surface area contributed by atoms with Crippen molar-refractivity contribution in [1.82, 2.24) is 5.32 Å². The molecule has 2 rings (SSSR count). The summed E-state index contributed by atoms with van der Waals surface area (Å²) in [5.41, 5.74) is 1.22. The average Bonchev–Trinajstić information content (AvgIpc) is 2.90. The van der Waals surface area contributed by atoms with Crippen LogP contribution in [0.4, 0.5) is 0 Å². The van der Waals surface area contributed by atoms with Gasteiger partial charge in [0.05, 0.1) is 7.11 Å². The molecule has 3 heteroatoms. The molecule has 1 aliphatic carbocycles. The monoisotopic (exact) mass is 309 g/mol. The van der Waals surface area contributed by atoms with Crippen molar-refractivity contribution in [1.29, 1.82) is 0 Å². The van der Waals surface area contributed by atoms with Crippen LogP contribution >= 0.6 is 11.6 Å². The minimum absolute atomic E-state index is 0.530. The standard InChI is InChI=1S/C18H28ClNO/c1-4-9-20-17(14-6-5-13(2)10-14)12-15-11-16(19)7-8-18(15)21-3/h7-8,11,13-14,17,20H,4-6,9-10,12H2,1-3H3. The van der Waals surface area contributed by atoms with E-state index in [9.17, 15) is 0 Å². The molecular formula is C18H28ClNO. The molecule has 0 spiro atoms. The molecule has 1 saturated carbocycles. The Bertz CT molecular complexity index is 449. The number of rotatable bonds is 7. The molecule has 0 aromatic heterocycles. The summed E-state index contributed by atoms with van der Waals surface area (Å²) in [5, 5.41) is 4.54.